The number of aliphatic imine (C=N–C) groups is 1. The van der Waals surface area contributed by atoms with Crippen molar-refractivity contribution in [3.05, 3.63) is 56.4 Å². The second kappa shape index (κ2) is 10.2. The van der Waals surface area contributed by atoms with E-state index in [0.717, 1.165) is 22.5 Å². The molecule has 3 nitrogen and oxygen atoms in total. The lowest BCUT2D eigenvalue weighted by molar-refractivity contribution is 0.624. The molecule has 120 valence electrons. The molecule has 1 heterocycles. The van der Waals surface area contributed by atoms with Crippen LogP contribution in [0.1, 0.15) is 18.1 Å². The van der Waals surface area contributed by atoms with Crippen LogP contribution in [0.15, 0.2) is 44.5 Å². The molecule has 2 rings (SSSR count). The van der Waals surface area contributed by atoms with Crippen molar-refractivity contribution in [3.8, 4) is 0 Å². The third-order valence-corrected chi connectivity index (χ3v) is 4.30. The van der Waals surface area contributed by atoms with Crippen molar-refractivity contribution in [3.63, 3.8) is 0 Å². The molecule has 0 atom stereocenters. The number of hydrogen-bond acceptors (Lipinski definition) is 2. The molecule has 1 aromatic heterocycles. The minimum Gasteiger partial charge on any atom is -0.357 e. The van der Waals surface area contributed by atoms with Crippen LogP contribution < -0.4 is 10.6 Å². The van der Waals surface area contributed by atoms with E-state index in [1.165, 1.54) is 17.7 Å². The molecule has 0 amide bonds. The maximum absolute atomic E-state index is 13.3. The number of nitrogens with zero attached hydrogens (tertiary/aromatic N) is 1. The Bertz CT molecular complexity index is 605. The summed E-state index contributed by atoms with van der Waals surface area (Å²) < 4.78 is 14.1. The molecule has 0 aliphatic rings. The van der Waals surface area contributed by atoms with Gasteiger partial charge in [-0.2, -0.15) is 11.3 Å². The molecule has 22 heavy (non-hydrogen) atoms. The average molecular weight is 498 g/mol. The monoisotopic (exact) mass is 497 g/mol. The van der Waals surface area contributed by atoms with Crippen molar-refractivity contribution >= 4 is 57.2 Å². The topological polar surface area (TPSA) is 36.4 Å². The van der Waals surface area contributed by atoms with Gasteiger partial charge in [-0.25, -0.2) is 9.38 Å². The first kappa shape index (κ1) is 19.4. The molecule has 0 radical (unpaired) electrons. The van der Waals surface area contributed by atoms with Gasteiger partial charge in [0.1, 0.15) is 5.82 Å². The van der Waals surface area contributed by atoms with Gasteiger partial charge in [-0.05, 0) is 53.1 Å². The van der Waals surface area contributed by atoms with Gasteiger partial charge in [-0.3, -0.25) is 0 Å². The lowest BCUT2D eigenvalue weighted by Gasteiger charge is -2.12. The van der Waals surface area contributed by atoms with E-state index in [2.05, 4.69) is 43.0 Å². The maximum atomic E-state index is 13.3. The zero-order chi connectivity index (χ0) is 15.1. The van der Waals surface area contributed by atoms with E-state index in [1.54, 1.807) is 17.4 Å². The minimum atomic E-state index is -0.241. The molecular weight excluding hydrogens is 480 g/mol. The molecule has 0 saturated carbocycles. The van der Waals surface area contributed by atoms with Crippen molar-refractivity contribution < 1.29 is 4.39 Å². The average Bonchev–Trinajstić information content (AvgIpc) is 2.98. The highest BCUT2D eigenvalue weighted by Crippen LogP contribution is 2.17. The van der Waals surface area contributed by atoms with Crippen LogP contribution in [0.2, 0.25) is 0 Å². The first-order valence-electron chi connectivity index (χ1n) is 6.66. The second-order valence-corrected chi connectivity index (χ2v) is 6.05. The van der Waals surface area contributed by atoms with Gasteiger partial charge in [-0.1, -0.05) is 15.9 Å². The Kier molecular flexibility index (Phi) is 8.96. The summed E-state index contributed by atoms with van der Waals surface area (Å²) in [5.41, 5.74) is 2.04. The van der Waals surface area contributed by atoms with Gasteiger partial charge in [-0.15, -0.1) is 24.0 Å². The summed E-state index contributed by atoms with van der Waals surface area (Å²) >= 11 is 5.08. The van der Waals surface area contributed by atoms with E-state index in [4.69, 9.17) is 0 Å². The standard InChI is InChI=1S/C15H17BrFN3S.HI/c1-2-18-15(19-8-11-5-6-21-10-11)20-9-12-7-13(17)3-4-14(12)16;/h3-7,10H,2,8-9H2,1H3,(H2,18,19,20);1H. The highest BCUT2D eigenvalue weighted by Gasteiger charge is 2.03. The number of halogens is 3. The molecule has 0 aliphatic heterocycles. The summed E-state index contributed by atoms with van der Waals surface area (Å²) in [7, 11) is 0. The van der Waals surface area contributed by atoms with E-state index in [9.17, 15) is 4.39 Å². The predicted octanol–water partition coefficient (Wildman–Crippen LogP) is 4.52. The molecule has 2 aromatic rings. The van der Waals surface area contributed by atoms with Crippen LogP contribution in [0, 0.1) is 5.82 Å². The van der Waals surface area contributed by atoms with Gasteiger partial charge < -0.3 is 10.6 Å². The molecule has 0 spiro atoms. The summed E-state index contributed by atoms with van der Waals surface area (Å²) in [5, 5.41) is 10.5. The van der Waals surface area contributed by atoms with Crippen LogP contribution in [0.3, 0.4) is 0 Å². The van der Waals surface area contributed by atoms with Gasteiger partial charge in [0, 0.05) is 17.6 Å². The SMILES string of the molecule is CCNC(=NCc1ccsc1)NCc1cc(F)ccc1Br.I. The Balaban J connectivity index is 0.00000242. The fourth-order valence-electron chi connectivity index (χ4n) is 1.75. The quantitative estimate of drug-likeness (QED) is 0.362. The van der Waals surface area contributed by atoms with Gasteiger partial charge in [0.15, 0.2) is 5.96 Å². The fraction of sp³-hybridized carbons (Fsp3) is 0.267. The Morgan fingerprint density at radius 3 is 2.82 bits per heavy atom. The molecule has 1 aromatic carbocycles. The smallest absolute Gasteiger partial charge is 0.191 e. The summed E-state index contributed by atoms with van der Waals surface area (Å²) in [6.07, 6.45) is 0. The number of nitrogens with one attached hydrogen (secondary N) is 2. The van der Waals surface area contributed by atoms with Crippen molar-refractivity contribution in [2.45, 2.75) is 20.0 Å². The Labute approximate surface area is 159 Å². The summed E-state index contributed by atoms with van der Waals surface area (Å²) in [6, 6.07) is 6.71. The Hall–Kier alpha value is -0.670. The largest absolute Gasteiger partial charge is 0.357 e. The normalized spacial score (nSPS) is 11.0. The number of rotatable bonds is 5. The van der Waals surface area contributed by atoms with Crippen LogP contribution in [0.5, 0.6) is 0 Å². The molecule has 0 saturated heterocycles. The molecule has 0 aliphatic carbocycles. The summed E-state index contributed by atoms with van der Waals surface area (Å²) in [4.78, 5) is 4.52. The van der Waals surface area contributed by atoms with Gasteiger partial charge >= 0.3 is 0 Å². The highest BCUT2D eigenvalue weighted by molar-refractivity contribution is 14.0. The van der Waals surface area contributed by atoms with E-state index < -0.39 is 0 Å². The van der Waals surface area contributed by atoms with E-state index in [-0.39, 0.29) is 29.8 Å². The van der Waals surface area contributed by atoms with Gasteiger partial charge in [0.2, 0.25) is 0 Å². The zero-order valence-corrected chi connectivity index (χ0v) is 16.8. The second-order valence-electron chi connectivity index (χ2n) is 4.42. The van der Waals surface area contributed by atoms with Crippen LogP contribution in [0.25, 0.3) is 0 Å². The molecular formula is C15H18BrFIN3S. The Morgan fingerprint density at radius 2 is 2.14 bits per heavy atom. The maximum Gasteiger partial charge on any atom is 0.191 e. The van der Waals surface area contributed by atoms with Crippen LogP contribution in [0.4, 0.5) is 4.39 Å². The first-order chi connectivity index (χ1) is 10.2. The van der Waals surface area contributed by atoms with E-state index >= 15 is 0 Å². The van der Waals surface area contributed by atoms with Gasteiger partial charge in [0.05, 0.1) is 6.54 Å². The number of thiophene rings is 1. The van der Waals surface area contributed by atoms with Crippen LogP contribution in [-0.2, 0) is 13.1 Å². The summed E-state index contributed by atoms with van der Waals surface area (Å²) in [5.74, 6) is 0.482. The first-order valence-corrected chi connectivity index (χ1v) is 8.40. The number of benzene rings is 1. The van der Waals surface area contributed by atoms with Crippen LogP contribution >= 0.6 is 51.2 Å². The molecule has 7 heteroatoms. The third kappa shape index (κ3) is 6.21. The van der Waals surface area contributed by atoms with E-state index in [0.29, 0.717) is 13.1 Å². The third-order valence-electron chi connectivity index (χ3n) is 2.80. The molecule has 0 bridgehead atoms. The summed E-state index contributed by atoms with van der Waals surface area (Å²) in [6.45, 7) is 3.93. The zero-order valence-electron chi connectivity index (χ0n) is 12.1. The minimum absolute atomic E-state index is 0. The number of hydrogen-bond donors (Lipinski definition) is 2. The van der Waals surface area contributed by atoms with Crippen LogP contribution in [-0.4, -0.2) is 12.5 Å². The molecule has 0 fully saturated rings. The van der Waals surface area contributed by atoms with E-state index in [1.807, 2.05) is 12.3 Å². The van der Waals surface area contributed by atoms with Crippen molar-refractivity contribution in [1.82, 2.24) is 10.6 Å². The van der Waals surface area contributed by atoms with Crippen molar-refractivity contribution in [1.29, 1.82) is 0 Å². The van der Waals surface area contributed by atoms with Crippen molar-refractivity contribution in [2.24, 2.45) is 4.99 Å². The van der Waals surface area contributed by atoms with Gasteiger partial charge in [0.25, 0.3) is 0 Å². The fourth-order valence-corrected chi connectivity index (χ4v) is 2.80. The van der Waals surface area contributed by atoms with Crippen molar-refractivity contribution in [2.75, 3.05) is 6.54 Å². The highest BCUT2D eigenvalue weighted by atomic mass is 127. The molecule has 2 N–H and O–H groups in total. The predicted molar refractivity (Wildman–Crippen MR) is 105 cm³/mol. The Morgan fingerprint density at radius 1 is 1.32 bits per heavy atom. The number of guanidine groups is 1. The lowest BCUT2D eigenvalue weighted by atomic mass is 10.2. The lowest BCUT2D eigenvalue weighted by Crippen LogP contribution is -2.36. The molecule has 0 unspecified atom stereocenters.